The summed E-state index contributed by atoms with van der Waals surface area (Å²) < 4.78 is 0. The summed E-state index contributed by atoms with van der Waals surface area (Å²) in [7, 11) is 0. The van der Waals surface area contributed by atoms with Crippen LogP contribution in [-0.2, 0) is 17.6 Å². The van der Waals surface area contributed by atoms with Gasteiger partial charge in [0.2, 0.25) is 11.3 Å². The van der Waals surface area contributed by atoms with Crippen molar-refractivity contribution in [3.05, 3.63) is 60.2 Å². The van der Waals surface area contributed by atoms with Gasteiger partial charge in [-0.15, -0.1) is 11.3 Å². The smallest absolute Gasteiger partial charge is 0.269 e. The summed E-state index contributed by atoms with van der Waals surface area (Å²) in [6.45, 7) is 5.28. The number of aromatic amines is 2. The van der Waals surface area contributed by atoms with E-state index < -0.39 is 29.0 Å². The molecule has 0 saturated heterocycles. The lowest BCUT2D eigenvalue weighted by atomic mass is 9.97. The molecule has 0 spiro atoms. The van der Waals surface area contributed by atoms with Crippen LogP contribution in [-0.4, -0.2) is 49.9 Å². The Hall–Kier alpha value is -3.35. The zero-order valence-electron chi connectivity index (χ0n) is 20.7. The minimum atomic E-state index is -0.909. The minimum absolute atomic E-state index is 0.0814. The molecular formula is C24H26Cl2N6O5S. The van der Waals surface area contributed by atoms with Gasteiger partial charge < -0.3 is 31.0 Å². The molecule has 6 N–H and O–H groups in total. The van der Waals surface area contributed by atoms with Crippen molar-refractivity contribution in [1.29, 1.82) is 0 Å². The predicted molar refractivity (Wildman–Crippen MR) is 144 cm³/mol. The van der Waals surface area contributed by atoms with Crippen LogP contribution in [0.2, 0.25) is 10.0 Å². The quantitative estimate of drug-likeness (QED) is 0.251. The normalized spacial score (nSPS) is 15.6. The first-order valence-electron chi connectivity index (χ1n) is 11.8. The Morgan fingerprint density at radius 2 is 1.95 bits per heavy atom. The first-order chi connectivity index (χ1) is 17.9. The number of carbonyl (C=O) groups is 3. The van der Waals surface area contributed by atoms with Crippen molar-refractivity contribution in [3.8, 4) is 5.75 Å². The Bertz CT molecular complexity index is 1460. The molecule has 0 aliphatic heterocycles. The standard InChI is InChI=1S/C24H26Cl2N6O5S/c1-9(2)19(31-21(35)13-7-14(33)15(34)8-27-13)22(36)32-24-30-12-5-4-11(6-16(12)38-24)29-23(37)20-18(26)17(25)10(3)28-20/h7-9,11,19,28,34H,4-6H2,1-3H3,(H,27,33)(H,29,37)(H,31,35)(H,30,32,36)/t11-,19-/m0/s1. The summed E-state index contributed by atoms with van der Waals surface area (Å²) in [6, 6.07) is -0.0926. The van der Waals surface area contributed by atoms with Gasteiger partial charge in [0.05, 0.1) is 15.7 Å². The number of nitrogens with zero attached hydrogens (tertiary/aromatic N) is 1. The lowest BCUT2D eigenvalue weighted by Crippen LogP contribution is -2.47. The number of carbonyl (C=O) groups excluding carboxylic acids is 3. The average molecular weight is 581 g/mol. The second kappa shape index (κ2) is 11.2. The number of thiazole rings is 1. The molecule has 2 atom stereocenters. The van der Waals surface area contributed by atoms with Gasteiger partial charge in [0, 0.05) is 35.3 Å². The zero-order valence-corrected chi connectivity index (χ0v) is 23.0. The van der Waals surface area contributed by atoms with Crippen LogP contribution in [0.4, 0.5) is 5.13 Å². The maximum Gasteiger partial charge on any atom is 0.269 e. The topological polar surface area (TPSA) is 169 Å². The van der Waals surface area contributed by atoms with Crippen molar-refractivity contribution >= 4 is 57.4 Å². The Morgan fingerprint density at radius 1 is 1.21 bits per heavy atom. The summed E-state index contributed by atoms with van der Waals surface area (Å²) in [5.41, 5.74) is 0.886. The van der Waals surface area contributed by atoms with E-state index in [1.54, 1.807) is 20.8 Å². The number of aromatic hydroxyl groups is 1. The third-order valence-electron chi connectivity index (χ3n) is 6.16. The molecular weight excluding hydrogens is 555 g/mol. The van der Waals surface area contributed by atoms with Crippen molar-refractivity contribution in [1.82, 2.24) is 25.6 Å². The lowest BCUT2D eigenvalue weighted by molar-refractivity contribution is -0.118. The molecule has 14 heteroatoms. The summed E-state index contributed by atoms with van der Waals surface area (Å²) >= 11 is 13.6. The van der Waals surface area contributed by atoms with E-state index in [0.717, 1.165) is 22.8 Å². The van der Waals surface area contributed by atoms with Gasteiger partial charge in [-0.25, -0.2) is 4.98 Å². The van der Waals surface area contributed by atoms with Crippen molar-refractivity contribution in [3.63, 3.8) is 0 Å². The molecule has 3 aromatic rings. The van der Waals surface area contributed by atoms with Gasteiger partial charge in [-0.05, 0) is 25.7 Å². The Labute approximate surface area is 231 Å². The number of aromatic nitrogens is 3. The highest BCUT2D eigenvalue weighted by Gasteiger charge is 2.29. The van der Waals surface area contributed by atoms with E-state index in [9.17, 15) is 24.3 Å². The van der Waals surface area contributed by atoms with Gasteiger partial charge in [-0.1, -0.05) is 37.0 Å². The second-order valence-electron chi connectivity index (χ2n) is 9.34. The van der Waals surface area contributed by atoms with Crippen molar-refractivity contribution in [2.75, 3.05) is 5.32 Å². The molecule has 38 heavy (non-hydrogen) atoms. The number of rotatable bonds is 7. The van der Waals surface area contributed by atoms with E-state index in [2.05, 4.69) is 30.9 Å². The van der Waals surface area contributed by atoms with Gasteiger partial charge in [0.25, 0.3) is 11.8 Å². The molecule has 3 aromatic heterocycles. The molecule has 4 rings (SSSR count). The minimum Gasteiger partial charge on any atom is -0.503 e. The lowest BCUT2D eigenvalue weighted by Gasteiger charge is -2.22. The molecule has 0 radical (unpaired) electrons. The van der Waals surface area contributed by atoms with Gasteiger partial charge in [0.15, 0.2) is 10.9 Å². The van der Waals surface area contributed by atoms with E-state index in [0.29, 0.717) is 35.1 Å². The van der Waals surface area contributed by atoms with Gasteiger partial charge >= 0.3 is 0 Å². The van der Waals surface area contributed by atoms with Crippen molar-refractivity contribution in [2.45, 2.75) is 52.1 Å². The fourth-order valence-electron chi connectivity index (χ4n) is 4.07. The van der Waals surface area contributed by atoms with Crippen molar-refractivity contribution < 1.29 is 19.5 Å². The predicted octanol–water partition coefficient (Wildman–Crippen LogP) is 3.16. The molecule has 1 aliphatic rings. The number of pyridine rings is 1. The summed E-state index contributed by atoms with van der Waals surface area (Å²) in [5, 5.41) is 18.6. The number of aryl methyl sites for hydroxylation is 2. The first kappa shape index (κ1) is 27.7. The molecule has 3 amide bonds. The van der Waals surface area contributed by atoms with Crippen LogP contribution < -0.4 is 21.4 Å². The zero-order chi connectivity index (χ0) is 27.7. The van der Waals surface area contributed by atoms with Crippen LogP contribution in [0.25, 0.3) is 0 Å². The summed E-state index contributed by atoms with van der Waals surface area (Å²) in [4.78, 5) is 60.9. The average Bonchev–Trinajstić information content (AvgIpc) is 3.38. The van der Waals surface area contributed by atoms with Gasteiger partial charge in [-0.2, -0.15) is 0 Å². The van der Waals surface area contributed by atoms with E-state index in [-0.39, 0.29) is 34.3 Å². The van der Waals surface area contributed by atoms with Crippen LogP contribution in [0.1, 0.15) is 57.5 Å². The second-order valence-corrected chi connectivity index (χ2v) is 11.2. The van der Waals surface area contributed by atoms with Gasteiger partial charge in [-0.3, -0.25) is 19.2 Å². The van der Waals surface area contributed by atoms with Crippen LogP contribution in [0.5, 0.6) is 5.75 Å². The van der Waals surface area contributed by atoms with Crippen LogP contribution >= 0.6 is 34.5 Å². The maximum atomic E-state index is 13.0. The van der Waals surface area contributed by atoms with Gasteiger partial charge in [0.1, 0.15) is 17.4 Å². The summed E-state index contributed by atoms with van der Waals surface area (Å²) in [5.74, 6) is -2.25. The SMILES string of the molecule is Cc1[nH]c(C(=O)N[C@H]2CCc3nc(NC(=O)[C@@H](NC(=O)c4cc(=O)c(O)c[nH]4)C(C)C)sc3C2)c(Cl)c1Cl. The van der Waals surface area contributed by atoms with Crippen LogP contribution in [0.15, 0.2) is 17.1 Å². The number of H-pyrrole nitrogens is 2. The third kappa shape index (κ3) is 5.87. The molecule has 202 valence electrons. The van der Waals surface area contributed by atoms with E-state index in [4.69, 9.17) is 23.2 Å². The number of amides is 3. The number of anilines is 1. The Kier molecular flexibility index (Phi) is 8.14. The number of halogens is 2. The molecule has 0 aromatic carbocycles. The highest BCUT2D eigenvalue weighted by atomic mass is 35.5. The largest absolute Gasteiger partial charge is 0.503 e. The Morgan fingerprint density at radius 3 is 2.58 bits per heavy atom. The molecule has 3 heterocycles. The number of nitrogens with one attached hydrogen (secondary N) is 5. The molecule has 0 bridgehead atoms. The highest BCUT2D eigenvalue weighted by molar-refractivity contribution is 7.15. The first-order valence-corrected chi connectivity index (χ1v) is 13.4. The van der Waals surface area contributed by atoms with E-state index >= 15 is 0 Å². The van der Waals surface area contributed by atoms with E-state index in [1.165, 1.54) is 11.3 Å². The molecule has 0 fully saturated rings. The number of fused-ring (bicyclic) bond motifs is 1. The third-order valence-corrected chi connectivity index (χ3v) is 8.14. The number of hydrogen-bond acceptors (Lipinski definition) is 7. The fraction of sp³-hybridized carbons (Fsp3) is 0.375. The summed E-state index contributed by atoms with van der Waals surface area (Å²) in [6.07, 6.45) is 2.83. The fourth-order valence-corrected chi connectivity index (χ4v) is 5.58. The van der Waals surface area contributed by atoms with Crippen LogP contribution in [0.3, 0.4) is 0 Å². The van der Waals surface area contributed by atoms with E-state index in [1.807, 2.05) is 0 Å². The molecule has 11 nitrogen and oxygen atoms in total. The highest BCUT2D eigenvalue weighted by Crippen LogP contribution is 2.32. The molecule has 0 unspecified atom stereocenters. The van der Waals surface area contributed by atoms with Crippen LogP contribution in [0, 0.1) is 12.8 Å². The maximum absolute atomic E-state index is 13.0. The molecule has 1 aliphatic carbocycles. The molecule has 0 saturated carbocycles. The van der Waals surface area contributed by atoms with Crippen molar-refractivity contribution in [2.24, 2.45) is 5.92 Å². The Balaban J connectivity index is 1.40. The monoisotopic (exact) mass is 580 g/mol. The number of hydrogen-bond donors (Lipinski definition) is 6.